The van der Waals surface area contributed by atoms with E-state index in [9.17, 15) is 4.79 Å². The molecule has 2 aromatic heterocycles. The molecule has 0 aliphatic carbocycles. The van der Waals surface area contributed by atoms with Crippen molar-refractivity contribution in [3.8, 4) is 0 Å². The van der Waals surface area contributed by atoms with Gasteiger partial charge in [0.15, 0.2) is 0 Å². The number of hydrogen-bond acceptors (Lipinski definition) is 5. The summed E-state index contributed by atoms with van der Waals surface area (Å²) in [5, 5.41) is 3.13. The first kappa shape index (κ1) is 18.8. The Kier molecular flexibility index (Phi) is 5.90. The van der Waals surface area contributed by atoms with Gasteiger partial charge in [-0.15, -0.1) is 0 Å². The van der Waals surface area contributed by atoms with Crippen LogP contribution in [0.25, 0.3) is 6.08 Å². The fraction of sp³-hybridized carbons (Fsp3) is 0.217. The van der Waals surface area contributed by atoms with E-state index in [0.29, 0.717) is 12.4 Å². The molecule has 1 aromatic carbocycles. The maximum atomic E-state index is 12.6. The number of carbonyl (C=O) groups excluding carboxylic acids is 1. The van der Waals surface area contributed by atoms with Crippen LogP contribution in [0.4, 0.5) is 11.6 Å². The summed E-state index contributed by atoms with van der Waals surface area (Å²) in [7, 11) is 0. The highest BCUT2D eigenvalue weighted by atomic mass is 16.2. The Balaban J connectivity index is 1.37. The molecule has 3 aromatic rings. The molecule has 6 nitrogen and oxygen atoms in total. The first-order valence-electron chi connectivity index (χ1n) is 9.80. The van der Waals surface area contributed by atoms with Crippen LogP contribution in [0.5, 0.6) is 0 Å². The molecule has 3 heterocycles. The maximum absolute atomic E-state index is 12.6. The van der Waals surface area contributed by atoms with Gasteiger partial charge in [0.05, 0.1) is 18.1 Å². The number of aromatic nitrogens is 3. The van der Waals surface area contributed by atoms with E-state index < -0.39 is 0 Å². The molecule has 0 bridgehead atoms. The van der Waals surface area contributed by atoms with Gasteiger partial charge in [0.1, 0.15) is 11.6 Å². The largest absolute Gasteiger partial charge is 0.338 e. The summed E-state index contributed by atoms with van der Waals surface area (Å²) in [5.41, 5.74) is 1.94. The number of carbonyl (C=O) groups is 1. The van der Waals surface area contributed by atoms with Crippen LogP contribution >= 0.6 is 0 Å². The summed E-state index contributed by atoms with van der Waals surface area (Å²) in [5.74, 6) is 1.63. The van der Waals surface area contributed by atoms with Crippen molar-refractivity contribution in [1.82, 2.24) is 19.9 Å². The molecule has 0 unspecified atom stereocenters. The number of likely N-dealkylation sites (tertiary alicyclic amines) is 1. The maximum Gasteiger partial charge on any atom is 0.246 e. The summed E-state index contributed by atoms with van der Waals surface area (Å²) in [6, 6.07) is 15.5. The average Bonchev–Trinajstić information content (AvgIpc) is 2.79. The number of nitrogens with zero attached hydrogens (tertiary/aromatic N) is 4. The zero-order valence-corrected chi connectivity index (χ0v) is 16.1. The Bertz CT molecular complexity index is 958. The molecule has 1 N–H and O–H groups in total. The second kappa shape index (κ2) is 9.10. The number of hydrogen-bond donors (Lipinski definition) is 1. The van der Waals surface area contributed by atoms with E-state index in [0.717, 1.165) is 36.5 Å². The van der Waals surface area contributed by atoms with E-state index in [1.54, 1.807) is 24.7 Å². The minimum Gasteiger partial charge on any atom is -0.338 e. The Morgan fingerprint density at radius 1 is 1.00 bits per heavy atom. The van der Waals surface area contributed by atoms with E-state index in [2.05, 4.69) is 20.3 Å². The van der Waals surface area contributed by atoms with Crippen LogP contribution in [0.1, 0.15) is 30.0 Å². The SMILES string of the molecule is O=C(/C=C/c1ccccc1)N1CCC[C@@H](c2cnc(Nc3ccccn3)cn2)C1. The lowest BCUT2D eigenvalue weighted by molar-refractivity contribution is -0.127. The summed E-state index contributed by atoms with van der Waals surface area (Å²) in [4.78, 5) is 27.8. The van der Waals surface area contributed by atoms with E-state index in [-0.39, 0.29) is 11.8 Å². The second-order valence-corrected chi connectivity index (χ2v) is 7.03. The molecule has 1 fully saturated rings. The van der Waals surface area contributed by atoms with Gasteiger partial charge in [-0.2, -0.15) is 0 Å². The van der Waals surface area contributed by atoms with E-state index in [4.69, 9.17) is 0 Å². The lowest BCUT2D eigenvalue weighted by Crippen LogP contribution is -2.38. The van der Waals surface area contributed by atoms with Crippen LogP contribution in [-0.2, 0) is 4.79 Å². The van der Waals surface area contributed by atoms with Crippen molar-refractivity contribution in [2.75, 3.05) is 18.4 Å². The average molecular weight is 385 g/mol. The van der Waals surface area contributed by atoms with Crippen molar-refractivity contribution >= 4 is 23.6 Å². The van der Waals surface area contributed by atoms with E-state index in [1.165, 1.54) is 0 Å². The lowest BCUT2D eigenvalue weighted by atomic mass is 9.95. The minimum absolute atomic E-state index is 0.0416. The first-order valence-corrected chi connectivity index (χ1v) is 9.80. The summed E-state index contributed by atoms with van der Waals surface area (Å²) in [6.45, 7) is 1.45. The third kappa shape index (κ3) is 5.04. The molecule has 0 spiro atoms. The molecule has 6 heteroatoms. The van der Waals surface area contributed by atoms with Crippen molar-refractivity contribution in [3.05, 3.63) is 84.5 Å². The van der Waals surface area contributed by atoms with Crippen LogP contribution in [0, 0.1) is 0 Å². The number of benzene rings is 1. The number of anilines is 2. The third-order valence-electron chi connectivity index (χ3n) is 4.96. The second-order valence-electron chi connectivity index (χ2n) is 7.03. The van der Waals surface area contributed by atoms with Crippen molar-refractivity contribution in [3.63, 3.8) is 0 Å². The smallest absolute Gasteiger partial charge is 0.246 e. The number of nitrogens with one attached hydrogen (secondary N) is 1. The quantitative estimate of drug-likeness (QED) is 0.671. The van der Waals surface area contributed by atoms with Crippen LogP contribution in [-0.4, -0.2) is 38.8 Å². The van der Waals surface area contributed by atoms with Gasteiger partial charge in [-0.05, 0) is 36.6 Å². The van der Waals surface area contributed by atoms with Crippen molar-refractivity contribution in [1.29, 1.82) is 0 Å². The molecule has 146 valence electrons. The van der Waals surface area contributed by atoms with Gasteiger partial charge < -0.3 is 10.2 Å². The standard InChI is InChI=1S/C23H23N5O/c29-23(12-11-18-7-2-1-3-8-18)28-14-6-9-19(17-28)20-15-26-22(16-25-20)27-21-10-4-5-13-24-21/h1-5,7-8,10-13,15-16,19H,6,9,14,17H2,(H,24,26,27)/b12-11+/t19-/m1/s1. The summed E-state index contributed by atoms with van der Waals surface area (Å²) >= 11 is 0. The van der Waals surface area contributed by atoms with Crippen LogP contribution < -0.4 is 5.32 Å². The van der Waals surface area contributed by atoms with Crippen molar-refractivity contribution in [2.45, 2.75) is 18.8 Å². The normalized spacial score (nSPS) is 16.7. The van der Waals surface area contributed by atoms with E-state index in [1.807, 2.05) is 59.5 Å². The Hall–Kier alpha value is -3.54. The molecule has 1 aliphatic heterocycles. The number of pyridine rings is 1. The molecule has 1 atom stereocenters. The Morgan fingerprint density at radius 3 is 2.62 bits per heavy atom. The zero-order valence-electron chi connectivity index (χ0n) is 16.1. The lowest BCUT2D eigenvalue weighted by Gasteiger charge is -2.31. The number of rotatable bonds is 5. The first-order chi connectivity index (χ1) is 14.3. The Morgan fingerprint density at radius 2 is 1.86 bits per heavy atom. The molecular formula is C23H23N5O. The summed E-state index contributed by atoms with van der Waals surface area (Å²) in [6.07, 6.45) is 10.7. The molecule has 1 aliphatic rings. The molecule has 1 amide bonds. The fourth-order valence-electron chi connectivity index (χ4n) is 3.44. The predicted molar refractivity (Wildman–Crippen MR) is 114 cm³/mol. The topological polar surface area (TPSA) is 71.0 Å². The molecule has 0 radical (unpaired) electrons. The predicted octanol–water partition coefficient (Wildman–Crippen LogP) is 4.03. The number of amides is 1. The fourth-order valence-corrected chi connectivity index (χ4v) is 3.44. The Labute approximate surface area is 170 Å². The van der Waals surface area contributed by atoms with Gasteiger partial charge in [0, 0.05) is 31.3 Å². The monoisotopic (exact) mass is 385 g/mol. The molecule has 29 heavy (non-hydrogen) atoms. The van der Waals surface area contributed by atoms with Gasteiger partial charge in [0.2, 0.25) is 5.91 Å². The summed E-state index contributed by atoms with van der Waals surface area (Å²) < 4.78 is 0. The molecular weight excluding hydrogens is 362 g/mol. The molecule has 0 saturated carbocycles. The van der Waals surface area contributed by atoms with Crippen LogP contribution in [0.3, 0.4) is 0 Å². The zero-order chi connectivity index (χ0) is 19.9. The van der Waals surface area contributed by atoms with Gasteiger partial charge in [0.25, 0.3) is 0 Å². The van der Waals surface area contributed by atoms with Gasteiger partial charge in [-0.25, -0.2) is 9.97 Å². The van der Waals surface area contributed by atoms with Crippen LogP contribution in [0.15, 0.2) is 73.2 Å². The van der Waals surface area contributed by atoms with Crippen LogP contribution in [0.2, 0.25) is 0 Å². The van der Waals surface area contributed by atoms with Gasteiger partial charge >= 0.3 is 0 Å². The van der Waals surface area contributed by atoms with Crippen molar-refractivity contribution < 1.29 is 4.79 Å². The highest BCUT2D eigenvalue weighted by molar-refractivity contribution is 5.91. The third-order valence-corrected chi connectivity index (χ3v) is 4.96. The van der Waals surface area contributed by atoms with Crippen molar-refractivity contribution in [2.24, 2.45) is 0 Å². The molecule has 4 rings (SSSR count). The molecule has 1 saturated heterocycles. The van der Waals surface area contributed by atoms with Gasteiger partial charge in [-0.1, -0.05) is 36.4 Å². The minimum atomic E-state index is 0.0416. The van der Waals surface area contributed by atoms with Gasteiger partial charge in [-0.3, -0.25) is 9.78 Å². The number of piperidine rings is 1. The highest BCUT2D eigenvalue weighted by Gasteiger charge is 2.24. The highest BCUT2D eigenvalue weighted by Crippen LogP contribution is 2.26. The van der Waals surface area contributed by atoms with E-state index >= 15 is 0 Å².